The fourth-order valence-electron chi connectivity index (χ4n) is 2.04. The number of anilines is 1. The van der Waals surface area contributed by atoms with Gasteiger partial charge < -0.3 is 5.32 Å². The molecule has 1 N–H and O–H groups in total. The van der Waals surface area contributed by atoms with E-state index < -0.39 is 0 Å². The maximum absolute atomic E-state index is 3.68. The minimum absolute atomic E-state index is 0.509. The summed E-state index contributed by atoms with van der Waals surface area (Å²) in [5.41, 5.74) is 1.23. The lowest BCUT2D eigenvalue weighted by atomic mass is 10.1. The van der Waals surface area contributed by atoms with Gasteiger partial charge in [-0.3, -0.25) is 0 Å². The second-order valence-electron chi connectivity index (χ2n) is 4.48. The van der Waals surface area contributed by atoms with Crippen LogP contribution in [0.15, 0.2) is 41.8 Å². The molecule has 0 bridgehead atoms. The average Bonchev–Trinajstić information content (AvgIpc) is 3.03. The zero-order chi connectivity index (χ0) is 11.7. The first-order chi connectivity index (χ1) is 8.33. The molecule has 1 aliphatic rings. The molecule has 0 amide bonds. The van der Waals surface area contributed by atoms with Crippen LogP contribution < -0.4 is 5.32 Å². The van der Waals surface area contributed by atoms with E-state index in [-0.39, 0.29) is 0 Å². The highest BCUT2D eigenvalue weighted by Crippen LogP contribution is 2.44. The van der Waals surface area contributed by atoms with Gasteiger partial charge in [-0.05, 0) is 77.1 Å². The van der Waals surface area contributed by atoms with E-state index in [9.17, 15) is 0 Å². The van der Waals surface area contributed by atoms with E-state index in [2.05, 4.69) is 69.7 Å². The first-order valence-corrected chi connectivity index (χ1v) is 7.84. The van der Waals surface area contributed by atoms with Crippen LogP contribution in [0.4, 0.5) is 5.69 Å². The Kier molecular flexibility index (Phi) is 3.38. The molecule has 0 aliphatic heterocycles. The second kappa shape index (κ2) is 4.98. The molecule has 1 aromatic heterocycles. The third kappa shape index (κ3) is 2.83. The van der Waals surface area contributed by atoms with Gasteiger partial charge >= 0.3 is 0 Å². The van der Waals surface area contributed by atoms with Crippen LogP contribution in [0.5, 0.6) is 0 Å². The van der Waals surface area contributed by atoms with Crippen LogP contribution in [0.3, 0.4) is 0 Å². The van der Waals surface area contributed by atoms with Gasteiger partial charge in [0, 0.05) is 14.1 Å². The zero-order valence-corrected chi connectivity index (χ0v) is 12.4. The number of benzene rings is 1. The summed E-state index contributed by atoms with van der Waals surface area (Å²) in [6, 6.07) is 13.5. The number of halogens is 1. The Morgan fingerprint density at radius 3 is 2.53 bits per heavy atom. The van der Waals surface area contributed by atoms with Crippen molar-refractivity contribution in [1.29, 1.82) is 0 Å². The number of thiophene rings is 1. The first kappa shape index (κ1) is 11.5. The summed E-state index contributed by atoms with van der Waals surface area (Å²) in [5.74, 6) is 0.827. The monoisotopic (exact) mass is 355 g/mol. The van der Waals surface area contributed by atoms with Crippen molar-refractivity contribution in [2.75, 3.05) is 5.32 Å². The van der Waals surface area contributed by atoms with Gasteiger partial charge in [0.2, 0.25) is 0 Å². The zero-order valence-electron chi connectivity index (χ0n) is 9.40. The van der Waals surface area contributed by atoms with Crippen LogP contribution in [-0.2, 0) is 0 Å². The van der Waals surface area contributed by atoms with Gasteiger partial charge in [0.15, 0.2) is 0 Å². The van der Waals surface area contributed by atoms with Gasteiger partial charge in [-0.15, -0.1) is 11.3 Å². The van der Waals surface area contributed by atoms with E-state index in [4.69, 9.17) is 0 Å². The van der Waals surface area contributed by atoms with Gasteiger partial charge in [-0.2, -0.15) is 0 Å². The molecule has 1 aliphatic carbocycles. The fourth-order valence-corrected chi connectivity index (χ4v) is 3.27. The Hall–Kier alpha value is -0.550. The molecule has 0 radical (unpaired) electrons. The van der Waals surface area contributed by atoms with E-state index in [1.165, 1.54) is 27.0 Å². The molecule has 88 valence electrons. The molecule has 1 heterocycles. The molecule has 3 rings (SSSR count). The van der Waals surface area contributed by atoms with Gasteiger partial charge in [-0.25, -0.2) is 0 Å². The van der Waals surface area contributed by atoms with Crippen molar-refractivity contribution in [2.24, 2.45) is 5.92 Å². The lowest BCUT2D eigenvalue weighted by Gasteiger charge is -2.18. The topological polar surface area (TPSA) is 12.0 Å². The summed E-state index contributed by atoms with van der Waals surface area (Å²) in [6.45, 7) is 0. The quantitative estimate of drug-likeness (QED) is 0.768. The summed E-state index contributed by atoms with van der Waals surface area (Å²) in [7, 11) is 0. The summed E-state index contributed by atoms with van der Waals surface area (Å²) in [6.07, 6.45) is 2.72. The van der Waals surface area contributed by atoms with Gasteiger partial charge in [-0.1, -0.05) is 6.07 Å². The summed E-state index contributed by atoms with van der Waals surface area (Å²) in [5, 5.41) is 5.84. The maximum atomic E-state index is 3.68. The highest BCUT2D eigenvalue weighted by atomic mass is 127. The third-order valence-electron chi connectivity index (χ3n) is 3.11. The van der Waals surface area contributed by atoms with E-state index in [1.807, 2.05) is 11.3 Å². The van der Waals surface area contributed by atoms with Gasteiger partial charge in [0.05, 0.1) is 6.04 Å². The standard InChI is InChI=1S/C14H14INS/c15-11-5-7-12(8-6-11)16-14(10-3-4-10)13-2-1-9-17-13/h1-2,5-10,14,16H,3-4H2. The van der Waals surface area contributed by atoms with Crippen LogP contribution in [0.1, 0.15) is 23.8 Å². The number of rotatable bonds is 4. The Balaban J connectivity index is 1.79. The number of nitrogens with one attached hydrogen (secondary N) is 1. The fraction of sp³-hybridized carbons (Fsp3) is 0.286. The molecule has 1 atom stereocenters. The van der Waals surface area contributed by atoms with Crippen LogP contribution in [0, 0.1) is 9.49 Å². The highest BCUT2D eigenvalue weighted by molar-refractivity contribution is 14.1. The Labute approximate surface area is 119 Å². The molecular weight excluding hydrogens is 341 g/mol. The Bertz CT molecular complexity index is 473. The normalized spacial score (nSPS) is 16.8. The molecule has 1 aromatic carbocycles. The lowest BCUT2D eigenvalue weighted by Crippen LogP contribution is -2.11. The molecule has 1 saturated carbocycles. The molecule has 17 heavy (non-hydrogen) atoms. The van der Waals surface area contributed by atoms with Crippen molar-refractivity contribution < 1.29 is 0 Å². The maximum Gasteiger partial charge on any atom is 0.0634 e. The molecule has 0 spiro atoms. The lowest BCUT2D eigenvalue weighted by molar-refractivity contribution is 0.691. The molecule has 1 nitrogen and oxygen atoms in total. The number of hydrogen-bond acceptors (Lipinski definition) is 2. The smallest absolute Gasteiger partial charge is 0.0634 e. The molecule has 2 aromatic rings. The van der Waals surface area contributed by atoms with Crippen molar-refractivity contribution in [3.8, 4) is 0 Å². The largest absolute Gasteiger partial charge is 0.377 e. The highest BCUT2D eigenvalue weighted by Gasteiger charge is 2.32. The van der Waals surface area contributed by atoms with E-state index in [0.29, 0.717) is 6.04 Å². The molecular formula is C14H14INS. The minimum Gasteiger partial charge on any atom is -0.377 e. The van der Waals surface area contributed by atoms with E-state index >= 15 is 0 Å². The molecule has 0 saturated heterocycles. The minimum atomic E-state index is 0.509. The molecule has 3 heteroatoms. The Morgan fingerprint density at radius 1 is 1.18 bits per heavy atom. The van der Waals surface area contributed by atoms with Crippen LogP contribution in [-0.4, -0.2) is 0 Å². The predicted octanol–water partition coefficient (Wildman–Crippen LogP) is 4.92. The first-order valence-electron chi connectivity index (χ1n) is 5.88. The average molecular weight is 355 g/mol. The second-order valence-corrected chi connectivity index (χ2v) is 6.71. The van der Waals surface area contributed by atoms with E-state index in [0.717, 1.165) is 5.92 Å². The van der Waals surface area contributed by atoms with Crippen molar-refractivity contribution >= 4 is 39.6 Å². The van der Waals surface area contributed by atoms with Crippen LogP contribution in [0.2, 0.25) is 0 Å². The van der Waals surface area contributed by atoms with Crippen molar-refractivity contribution in [3.63, 3.8) is 0 Å². The van der Waals surface area contributed by atoms with E-state index in [1.54, 1.807) is 0 Å². The van der Waals surface area contributed by atoms with Crippen LogP contribution in [0.25, 0.3) is 0 Å². The third-order valence-corrected chi connectivity index (χ3v) is 4.78. The SMILES string of the molecule is Ic1ccc(NC(c2cccs2)C2CC2)cc1. The van der Waals surface area contributed by atoms with Gasteiger partial charge in [0.25, 0.3) is 0 Å². The summed E-state index contributed by atoms with van der Waals surface area (Å²) >= 11 is 4.20. The van der Waals surface area contributed by atoms with Crippen LogP contribution >= 0.6 is 33.9 Å². The predicted molar refractivity (Wildman–Crippen MR) is 82.6 cm³/mol. The van der Waals surface area contributed by atoms with Crippen molar-refractivity contribution in [1.82, 2.24) is 0 Å². The van der Waals surface area contributed by atoms with Gasteiger partial charge in [0.1, 0.15) is 0 Å². The molecule has 1 fully saturated rings. The molecule has 1 unspecified atom stereocenters. The Morgan fingerprint density at radius 2 is 1.94 bits per heavy atom. The van der Waals surface area contributed by atoms with Crippen molar-refractivity contribution in [2.45, 2.75) is 18.9 Å². The summed E-state index contributed by atoms with van der Waals surface area (Å²) in [4.78, 5) is 1.46. The summed E-state index contributed by atoms with van der Waals surface area (Å²) < 4.78 is 1.28. The number of hydrogen-bond donors (Lipinski definition) is 1. The van der Waals surface area contributed by atoms with Crippen molar-refractivity contribution in [3.05, 3.63) is 50.2 Å².